The monoisotopic (exact) mass is 484 g/mol. The van der Waals surface area contributed by atoms with Gasteiger partial charge in [0.2, 0.25) is 5.91 Å². The van der Waals surface area contributed by atoms with E-state index in [1.807, 2.05) is 18.2 Å². The SMILES string of the molecule is CC(C)C(NC(=O)CN1CCC(C(=O)c2ccc(Cl)cc2)CC1)c1ccc2c(c1)OCCCO2. The van der Waals surface area contributed by atoms with Gasteiger partial charge in [-0.2, -0.15) is 0 Å². The average molecular weight is 485 g/mol. The number of piperidine rings is 1. The number of carbonyl (C=O) groups excluding carboxylic acids is 2. The lowest BCUT2D eigenvalue weighted by atomic mass is 9.89. The van der Waals surface area contributed by atoms with Crippen molar-refractivity contribution >= 4 is 23.3 Å². The largest absolute Gasteiger partial charge is 0.490 e. The lowest BCUT2D eigenvalue weighted by molar-refractivity contribution is -0.123. The molecule has 2 aliphatic rings. The highest BCUT2D eigenvalue weighted by Gasteiger charge is 2.28. The molecule has 0 bridgehead atoms. The molecule has 2 aromatic rings. The fourth-order valence-electron chi connectivity index (χ4n) is 4.63. The molecule has 1 unspecified atom stereocenters. The van der Waals surface area contributed by atoms with Gasteiger partial charge >= 0.3 is 0 Å². The molecule has 34 heavy (non-hydrogen) atoms. The Kier molecular flexibility index (Phi) is 8.11. The van der Waals surface area contributed by atoms with Crippen molar-refractivity contribution in [3.05, 3.63) is 58.6 Å². The molecule has 0 radical (unpaired) electrons. The summed E-state index contributed by atoms with van der Waals surface area (Å²) in [7, 11) is 0. The number of hydrogen-bond acceptors (Lipinski definition) is 5. The minimum atomic E-state index is -0.117. The number of ether oxygens (including phenoxy) is 2. The van der Waals surface area contributed by atoms with E-state index in [2.05, 4.69) is 24.1 Å². The van der Waals surface area contributed by atoms with Gasteiger partial charge in [-0.25, -0.2) is 0 Å². The van der Waals surface area contributed by atoms with Gasteiger partial charge in [-0.15, -0.1) is 0 Å². The summed E-state index contributed by atoms with van der Waals surface area (Å²) in [5, 5.41) is 3.84. The van der Waals surface area contributed by atoms with Crippen LogP contribution in [0.2, 0.25) is 5.02 Å². The number of Topliss-reactive ketones (excluding diaryl/α,β-unsaturated/α-hetero) is 1. The smallest absolute Gasteiger partial charge is 0.234 e. The van der Waals surface area contributed by atoms with E-state index in [9.17, 15) is 9.59 Å². The zero-order valence-corrected chi connectivity index (χ0v) is 20.6. The van der Waals surface area contributed by atoms with Crippen LogP contribution < -0.4 is 14.8 Å². The Hall–Kier alpha value is -2.57. The summed E-state index contributed by atoms with van der Waals surface area (Å²) in [6.07, 6.45) is 2.37. The van der Waals surface area contributed by atoms with E-state index in [4.69, 9.17) is 21.1 Å². The predicted octanol–water partition coefficient (Wildman–Crippen LogP) is 4.91. The number of rotatable bonds is 7. The molecule has 2 aliphatic heterocycles. The maximum Gasteiger partial charge on any atom is 0.234 e. The van der Waals surface area contributed by atoms with Crippen LogP contribution >= 0.6 is 11.6 Å². The summed E-state index contributed by atoms with van der Waals surface area (Å²) in [6.45, 7) is 7.27. The first kappa shape index (κ1) is 24.6. The molecular formula is C27H33ClN2O4. The van der Waals surface area contributed by atoms with Gasteiger partial charge in [0.15, 0.2) is 17.3 Å². The Bertz CT molecular complexity index is 1000. The summed E-state index contributed by atoms with van der Waals surface area (Å²) in [6, 6.07) is 12.9. The first-order valence-electron chi connectivity index (χ1n) is 12.1. The third-order valence-corrected chi connectivity index (χ3v) is 6.82. The topological polar surface area (TPSA) is 67.9 Å². The highest BCUT2D eigenvalue weighted by Crippen LogP contribution is 2.34. The van der Waals surface area contributed by atoms with Crippen LogP contribution in [0.3, 0.4) is 0 Å². The second kappa shape index (κ2) is 11.2. The first-order chi connectivity index (χ1) is 16.4. The summed E-state index contributed by atoms with van der Waals surface area (Å²) < 4.78 is 11.6. The standard InChI is InChI=1S/C27H33ClN2O4/c1-18(2)26(21-6-9-23-24(16-21)34-15-3-14-33-23)29-25(31)17-30-12-10-20(11-13-30)27(32)19-4-7-22(28)8-5-19/h4-9,16,18,20,26H,3,10-15,17H2,1-2H3,(H,29,31). The second-order valence-electron chi connectivity index (χ2n) is 9.47. The van der Waals surface area contributed by atoms with Crippen molar-refractivity contribution in [3.8, 4) is 11.5 Å². The van der Waals surface area contributed by atoms with E-state index < -0.39 is 0 Å². The van der Waals surface area contributed by atoms with E-state index in [1.54, 1.807) is 24.3 Å². The maximum absolute atomic E-state index is 12.9. The van der Waals surface area contributed by atoms with Crippen molar-refractivity contribution < 1.29 is 19.1 Å². The van der Waals surface area contributed by atoms with Crippen LogP contribution in [0.5, 0.6) is 11.5 Å². The van der Waals surface area contributed by atoms with E-state index in [0.29, 0.717) is 30.3 Å². The minimum absolute atomic E-state index is 0.00621. The number of likely N-dealkylation sites (tertiary alicyclic amines) is 1. The molecule has 7 heteroatoms. The van der Waals surface area contributed by atoms with Crippen LogP contribution in [0, 0.1) is 11.8 Å². The fourth-order valence-corrected chi connectivity index (χ4v) is 4.76. The number of fused-ring (bicyclic) bond motifs is 1. The Balaban J connectivity index is 1.31. The quantitative estimate of drug-likeness (QED) is 0.565. The molecule has 0 aromatic heterocycles. The van der Waals surface area contributed by atoms with E-state index in [1.165, 1.54) is 0 Å². The van der Waals surface area contributed by atoms with Gasteiger partial charge in [0.05, 0.1) is 25.8 Å². The lowest BCUT2D eigenvalue weighted by Gasteiger charge is -2.31. The van der Waals surface area contributed by atoms with Crippen molar-refractivity contribution in [1.82, 2.24) is 10.2 Å². The third kappa shape index (κ3) is 6.10. The van der Waals surface area contributed by atoms with Gasteiger partial charge < -0.3 is 14.8 Å². The Morgan fingerprint density at radius 2 is 1.71 bits per heavy atom. The zero-order valence-electron chi connectivity index (χ0n) is 19.9. The number of hydrogen-bond donors (Lipinski definition) is 1. The molecule has 0 spiro atoms. The number of benzene rings is 2. The maximum atomic E-state index is 12.9. The van der Waals surface area contributed by atoms with Crippen LogP contribution in [0.25, 0.3) is 0 Å². The molecule has 0 aliphatic carbocycles. The molecule has 1 N–H and O–H groups in total. The average Bonchev–Trinajstić information content (AvgIpc) is 3.08. The van der Waals surface area contributed by atoms with Crippen molar-refractivity contribution in [3.63, 3.8) is 0 Å². The number of nitrogens with zero attached hydrogens (tertiary/aromatic N) is 1. The normalized spacial score (nSPS) is 17.8. The molecule has 4 rings (SSSR count). The number of ketones is 1. The molecule has 6 nitrogen and oxygen atoms in total. The van der Waals surface area contributed by atoms with Gasteiger partial charge in [0, 0.05) is 22.9 Å². The first-order valence-corrected chi connectivity index (χ1v) is 12.5. The molecule has 1 saturated heterocycles. The van der Waals surface area contributed by atoms with Crippen LogP contribution in [-0.4, -0.2) is 49.4 Å². The molecule has 1 fully saturated rings. The van der Waals surface area contributed by atoms with Crippen molar-refractivity contribution in [2.24, 2.45) is 11.8 Å². The molecule has 2 aromatic carbocycles. The van der Waals surface area contributed by atoms with Crippen molar-refractivity contribution in [2.75, 3.05) is 32.8 Å². The van der Waals surface area contributed by atoms with E-state index >= 15 is 0 Å². The van der Waals surface area contributed by atoms with Gasteiger partial charge in [0.1, 0.15) is 0 Å². The van der Waals surface area contributed by atoms with Crippen molar-refractivity contribution in [1.29, 1.82) is 0 Å². The summed E-state index contributed by atoms with van der Waals surface area (Å²) in [5.41, 5.74) is 1.72. The molecule has 0 saturated carbocycles. The minimum Gasteiger partial charge on any atom is -0.490 e. The zero-order chi connectivity index (χ0) is 24.1. The lowest BCUT2D eigenvalue weighted by Crippen LogP contribution is -2.44. The number of halogens is 1. The van der Waals surface area contributed by atoms with E-state index in [-0.39, 0.29) is 29.6 Å². The number of nitrogens with one attached hydrogen (secondary N) is 1. The van der Waals surface area contributed by atoms with Crippen LogP contribution in [-0.2, 0) is 4.79 Å². The fraction of sp³-hybridized carbons (Fsp3) is 0.481. The van der Waals surface area contributed by atoms with Crippen LogP contribution in [0.15, 0.2) is 42.5 Å². The summed E-state index contributed by atoms with van der Waals surface area (Å²) in [4.78, 5) is 27.8. The molecular weight excluding hydrogens is 452 g/mol. The van der Waals surface area contributed by atoms with Gasteiger partial charge in [-0.05, 0) is 73.8 Å². The summed E-state index contributed by atoms with van der Waals surface area (Å²) in [5.74, 6) is 1.86. The molecule has 1 atom stereocenters. The molecule has 2 heterocycles. The van der Waals surface area contributed by atoms with Gasteiger partial charge in [-0.1, -0.05) is 31.5 Å². The third-order valence-electron chi connectivity index (χ3n) is 6.57. The Morgan fingerprint density at radius 1 is 1.03 bits per heavy atom. The molecule has 182 valence electrons. The van der Waals surface area contributed by atoms with Crippen molar-refractivity contribution in [2.45, 2.75) is 39.2 Å². The van der Waals surface area contributed by atoms with Gasteiger partial charge in [0.25, 0.3) is 0 Å². The van der Waals surface area contributed by atoms with E-state index in [0.717, 1.165) is 49.4 Å². The van der Waals surface area contributed by atoms with Crippen LogP contribution in [0.1, 0.15) is 55.1 Å². The second-order valence-corrected chi connectivity index (χ2v) is 9.90. The predicted molar refractivity (Wildman–Crippen MR) is 133 cm³/mol. The molecule has 1 amide bonds. The van der Waals surface area contributed by atoms with Gasteiger partial charge in [-0.3, -0.25) is 14.5 Å². The highest BCUT2D eigenvalue weighted by molar-refractivity contribution is 6.30. The summed E-state index contributed by atoms with van der Waals surface area (Å²) >= 11 is 5.93. The van der Waals surface area contributed by atoms with Crippen LogP contribution in [0.4, 0.5) is 0 Å². The Labute approximate surface area is 206 Å². The number of carbonyl (C=O) groups is 2. The highest BCUT2D eigenvalue weighted by atomic mass is 35.5. The number of amides is 1. The Morgan fingerprint density at radius 3 is 2.38 bits per heavy atom.